The lowest BCUT2D eigenvalue weighted by atomic mass is 9.74. The minimum Gasteiger partial charge on any atom is -0.423 e. The van der Waals surface area contributed by atoms with E-state index >= 15 is 26.3 Å². The third-order valence-corrected chi connectivity index (χ3v) is 10.9. The number of benzene rings is 4. The molecule has 6 rings (SSSR count). The van der Waals surface area contributed by atoms with E-state index in [-0.39, 0.29) is 39.1 Å². The zero-order chi connectivity index (χ0) is 44.6. The van der Waals surface area contributed by atoms with E-state index in [9.17, 15) is 28.8 Å². The van der Waals surface area contributed by atoms with E-state index in [0.29, 0.717) is 4.90 Å². The molecule has 0 fully saturated rings. The average Bonchev–Trinajstić information content (AvgIpc) is 3.55. The number of ether oxygens (including phenoxy) is 2. The van der Waals surface area contributed by atoms with Crippen LogP contribution in [0.15, 0.2) is 97.1 Å². The number of halogens is 6. The van der Waals surface area contributed by atoms with Crippen LogP contribution in [-0.4, -0.2) is 59.9 Å². The molecule has 0 saturated carbocycles. The first-order valence-electron chi connectivity index (χ1n) is 17.9. The van der Waals surface area contributed by atoms with Crippen LogP contribution < -0.4 is 14.4 Å². The fourth-order valence-corrected chi connectivity index (χ4v) is 6.97. The van der Waals surface area contributed by atoms with Gasteiger partial charge in [-0.3, -0.25) is 24.1 Å². The Labute approximate surface area is 338 Å². The number of carbonyl (C=O) groups excluding carboxylic acids is 6. The van der Waals surface area contributed by atoms with Crippen LogP contribution in [0.3, 0.4) is 0 Å². The number of alkyl halides is 6. The summed E-state index contributed by atoms with van der Waals surface area (Å²) in [6, 6.07) is 11.9. The Morgan fingerprint density at radius 3 is 1.38 bits per heavy atom. The normalized spacial score (nSPS) is 15.9. The van der Waals surface area contributed by atoms with Crippen molar-refractivity contribution in [3.8, 4) is 11.5 Å². The second-order valence-corrected chi connectivity index (χ2v) is 14.9. The van der Waals surface area contributed by atoms with Crippen LogP contribution in [-0.2, 0) is 20.4 Å². The molecule has 0 spiro atoms. The number of hydrogen-bond acceptors (Lipinski definition) is 8. The number of hydrogen-bond donors (Lipinski definition) is 0. The molecule has 10 nitrogen and oxygen atoms in total. The van der Waals surface area contributed by atoms with Gasteiger partial charge >= 0.3 is 24.3 Å². The molecule has 310 valence electrons. The van der Waals surface area contributed by atoms with Crippen LogP contribution >= 0.6 is 0 Å². The van der Waals surface area contributed by atoms with E-state index in [0.717, 1.165) is 91.5 Å². The van der Waals surface area contributed by atoms with Crippen LogP contribution in [0.5, 0.6) is 11.5 Å². The maximum Gasteiger partial charge on any atom is 0.402 e. The molecule has 4 aromatic carbocycles. The minimum absolute atomic E-state index is 0.0426. The number of amides is 4. The van der Waals surface area contributed by atoms with Crippen molar-refractivity contribution in [3.63, 3.8) is 0 Å². The minimum atomic E-state index is -5.10. The van der Waals surface area contributed by atoms with Gasteiger partial charge in [0.2, 0.25) is 0 Å². The summed E-state index contributed by atoms with van der Waals surface area (Å²) in [5.74, 6) is -6.41. The summed E-state index contributed by atoms with van der Waals surface area (Å²) >= 11 is 0. The monoisotopic (exact) mass is 832 g/mol. The van der Waals surface area contributed by atoms with Gasteiger partial charge in [0.15, 0.2) is 5.75 Å². The summed E-state index contributed by atoms with van der Waals surface area (Å²) in [7, 11) is 1.18. The predicted octanol–water partition coefficient (Wildman–Crippen LogP) is 8.72. The first-order valence-corrected chi connectivity index (χ1v) is 17.9. The number of aryl methyl sites for hydroxylation is 1. The molecule has 0 bridgehead atoms. The average molecular weight is 833 g/mol. The van der Waals surface area contributed by atoms with Crippen LogP contribution in [0.1, 0.15) is 96.9 Å². The summed E-state index contributed by atoms with van der Waals surface area (Å²) in [4.78, 5) is 79.6. The van der Waals surface area contributed by atoms with Gasteiger partial charge in [-0.1, -0.05) is 43.5 Å². The van der Waals surface area contributed by atoms with Gasteiger partial charge in [0.1, 0.15) is 16.6 Å². The lowest BCUT2D eigenvalue weighted by molar-refractivity contribution is -0.173. The first kappa shape index (κ1) is 42.8. The van der Waals surface area contributed by atoms with Gasteiger partial charge in [-0.25, -0.2) is 14.5 Å². The summed E-state index contributed by atoms with van der Waals surface area (Å²) in [5.41, 5.74) is -9.74. The highest BCUT2D eigenvalue weighted by Gasteiger charge is 2.56. The number of anilines is 1. The molecular weight excluding hydrogens is 798 g/mol. The van der Waals surface area contributed by atoms with Crippen molar-refractivity contribution in [2.45, 2.75) is 57.8 Å². The Bertz CT molecular complexity index is 2630. The molecule has 2 aliphatic rings. The van der Waals surface area contributed by atoms with E-state index in [1.165, 1.54) is 27.8 Å². The zero-order valence-electron chi connectivity index (χ0n) is 32.8. The van der Waals surface area contributed by atoms with E-state index < -0.39 is 98.0 Å². The molecule has 2 unspecified atom stereocenters. The number of rotatable bonds is 9. The quantitative estimate of drug-likeness (QED) is 0.0539. The molecule has 16 heteroatoms. The fraction of sp³-hybridized carbons (Fsp3) is 0.227. The molecule has 2 heterocycles. The van der Waals surface area contributed by atoms with Gasteiger partial charge in [-0.2, -0.15) is 26.3 Å². The Kier molecular flexibility index (Phi) is 10.3. The lowest BCUT2D eigenvalue weighted by Crippen LogP contribution is -2.41. The maximum atomic E-state index is 15.4. The Balaban J connectivity index is 1.49. The molecule has 60 heavy (non-hydrogen) atoms. The molecule has 0 N–H and O–H groups in total. The summed E-state index contributed by atoms with van der Waals surface area (Å²) < 4.78 is 102. The number of imide groups is 2. The van der Waals surface area contributed by atoms with E-state index in [1.807, 2.05) is 0 Å². The molecule has 4 amide bonds. The summed E-state index contributed by atoms with van der Waals surface area (Å²) in [6.45, 7) is 12.6. The standard InChI is InChI=1S/C44H34F6N2O8/c1-21(2)39(57)59-33-15-11-24(17-23(33)5)41(6,43(45,46)47)27-12-16-34(60-40(58)22(3)4)32(20-27)52-37(55)29-14-10-26(19-31(29)38(52)56)42(7,44(48,49)50)25-9-13-28-30(18-25)36(54)51(8)35(28)53/h9-20H,1,3H2,2,4-8H3. The van der Waals surface area contributed by atoms with Gasteiger partial charge in [-0.05, 0) is 105 Å². The van der Waals surface area contributed by atoms with Crippen molar-refractivity contribution in [1.29, 1.82) is 0 Å². The van der Waals surface area contributed by atoms with Gasteiger partial charge in [0, 0.05) is 18.2 Å². The molecule has 0 radical (unpaired) electrons. The third kappa shape index (κ3) is 6.65. The SMILES string of the molecule is C=C(C)C(=O)Oc1ccc(C(C)(c2ccc(OC(=O)C(=C)C)c(N3C(=O)c4ccc(C(C)(c5ccc6c(c5)C(=O)N(C)C6=O)C(F)(F)F)cc4C3=O)c2)C(F)(F)F)cc1C. The lowest BCUT2D eigenvalue weighted by Gasteiger charge is -2.34. The summed E-state index contributed by atoms with van der Waals surface area (Å²) in [6.07, 6.45) is -10.2. The molecule has 2 atom stereocenters. The van der Waals surface area contributed by atoms with Crippen molar-refractivity contribution in [2.75, 3.05) is 11.9 Å². The van der Waals surface area contributed by atoms with Crippen LogP contribution in [0.25, 0.3) is 0 Å². The topological polar surface area (TPSA) is 127 Å². The van der Waals surface area contributed by atoms with Gasteiger partial charge in [-0.15, -0.1) is 0 Å². The zero-order valence-corrected chi connectivity index (χ0v) is 32.8. The van der Waals surface area contributed by atoms with E-state index in [1.54, 1.807) is 0 Å². The Morgan fingerprint density at radius 1 is 0.550 bits per heavy atom. The molecule has 0 aromatic heterocycles. The van der Waals surface area contributed by atoms with Crippen molar-refractivity contribution in [3.05, 3.63) is 147 Å². The Morgan fingerprint density at radius 2 is 0.917 bits per heavy atom. The van der Waals surface area contributed by atoms with Crippen LogP contribution in [0, 0.1) is 6.92 Å². The van der Waals surface area contributed by atoms with E-state index in [4.69, 9.17) is 9.47 Å². The highest BCUT2D eigenvalue weighted by Crippen LogP contribution is 2.51. The van der Waals surface area contributed by atoms with Crippen LogP contribution in [0.2, 0.25) is 0 Å². The fourth-order valence-electron chi connectivity index (χ4n) is 6.97. The Hall–Kier alpha value is -6.84. The second-order valence-electron chi connectivity index (χ2n) is 14.9. The number of carbonyl (C=O) groups is 6. The molecule has 2 aliphatic heterocycles. The predicted molar refractivity (Wildman–Crippen MR) is 204 cm³/mol. The molecule has 0 saturated heterocycles. The number of fused-ring (bicyclic) bond motifs is 2. The van der Waals surface area contributed by atoms with Crippen molar-refractivity contribution >= 4 is 41.3 Å². The smallest absolute Gasteiger partial charge is 0.402 e. The van der Waals surface area contributed by atoms with E-state index in [2.05, 4.69) is 13.2 Å². The van der Waals surface area contributed by atoms with Gasteiger partial charge in [0.25, 0.3) is 23.6 Å². The van der Waals surface area contributed by atoms with Gasteiger partial charge < -0.3 is 9.47 Å². The van der Waals surface area contributed by atoms with Crippen molar-refractivity contribution in [1.82, 2.24) is 4.90 Å². The first-order chi connectivity index (χ1) is 27.7. The largest absolute Gasteiger partial charge is 0.423 e. The number of nitrogens with zero attached hydrogens (tertiary/aromatic N) is 2. The van der Waals surface area contributed by atoms with Crippen molar-refractivity contribution in [2.24, 2.45) is 0 Å². The van der Waals surface area contributed by atoms with Gasteiger partial charge in [0.05, 0.1) is 27.9 Å². The summed E-state index contributed by atoms with van der Waals surface area (Å²) in [5, 5.41) is 0. The van der Waals surface area contributed by atoms with Crippen molar-refractivity contribution < 1.29 is 64.6 Å². The maximum absolute atomic E-state index is 15.4. The molecule has 4 aromatic rings. The second kappa shape index (κ2) is 14.5. The highest BCUT2D eigenvalue weighted by atomic mass is 19.4. The number of esters is 2. The molecular formula is C44H34F6N2O8. The highest BCUT2D eigenvalue weighted by molar-refractivity contribution is 6.35. The molecule has 0 aliphatic carbocycles. The third-order valence-electron chi connectivity index (χ3n) is 10.9. The van der Waals surface area contributed by atoms with Crippen LogP contribution in [0.4, 0.5) is 32.0 Å².